The van der Waals surface area contributed by atoms with Crippen molar-refractivity contribution in [2.24, 2.45) is 11.8 Å². The number of nitrogens with zero attached hydrogens (tertiary/aromatic N) is 2. The van der Waals surface area contributed by atoms with E-state index in [1.165, 1.54) is 35.5 Å². The molecule has 0 spiro atoms. The first-order chi connectivity index (χ1) is 15.5. The minimum absolute atomic E-state index is 0. The van der Waals surface area contributed by atoms with E-state index in [4.69, 9.17) is 10.2 Å². The Morgan fingerprint density at radius 1 is 0.865 bits per heavy atom. The molecule has 2 aromatic rings. The number of rotatable bonds is 6. The fourth-order valence-electron chi connectivity index (χ4n) is 3.25. The predicted octanol–water partition coefficient (Wildman–Crippen LogP) is 7.69. The molecule has 1 saturated heterocycles. The first-order valence-corrected chi connectivity index (χ1v) is 12.1. The van der Waals surface area contributed by atoms with Crippen LogP contribution in [0.4, 0.5) is 0 Å². The molecule has 2 aromatic heterocycles. The van der Waals surface area contributed by atoms with Gasteiger partial charge in [0.15, 0.2) is 0 Å². The summed E-state index contributed by atoms with van der Waals surface area (Å²) in [6.07, 6.45) is 14.7. The number of piperidine rings is 1. The Labute approximate surface area is 264 Å². The largest absolute Gasteiger partial charge is 2.00 e. The van der Waals surface area contributed by atoms with Crippen molar-refractivity contribution in [3.63, 3.8) is 0 Å². The van der Waals surface area contributed by atoms with Gasteiger partial charge in [-0.1, -0.05) is 31.1 Å². The summed E-state index contributed by atoms with van der Waals surface area (Å²) in [5.74, 6) is -0.831. The van der Waals surface area contributed by atoms with Gasteiger partial charge in [-0.25, -0.2) is 9.59 Å². The number of hydrogen-bond donors (Lipinski definition) is 2. The molecule has 190 valence electrons. The minimum atomic E-state index is -0.864. The van der Waals surface area contributed by atoms with Crippen molar-refractivity contribution in [3.05, 3.63) is 91.0 Å². The molecule has 8 nitrogen and oxygen atoms in total. The van der Waals surface area contributed by atoms with Crippen molar-refractivity contribution >= 4 is 46.8 Å². The predicted molar refractivity (Wildman–Crippen MR) is 143 cm³/mol. The van der Waals surface area contributed by atoms with Crippen LogP contribution in [0.3, 0.4) is 0 Å². The number of aromatic carboxylic acids is 2. The van der Waals surface area contributed by atoms with Crippen LogP contribution in [-0.2, 0) is 58.4 Å². The van der Waals surface area contributed by atoms with Crippen molar-refractivity contribution in [1.29, 1.82) is 0 Å². The summed E-state index contributed by atoms with van der Waals surface area (Å²) in [5.41, 5.74) is 0. The SMILES string of the molecule is O=C(O)c1ccc(C=CC2C=CC[N-]C2)s1.O=C(O)c1ccc(C=CC2CCC[N-]C2)s1.[NH2-].[NH2-].[Zn+2].[Zn].[Zn]. The maximum absolute atomic E-state index is 10.7. The average Bonchev–Trinajstić information content (AvgIpc) is 3.48. The van der Waals surface area contributed by atoms with Crippen molar-refractivity contribution in [2.75, 3.05) is 26.2 Å². The second kappa shape index (κ2) is 22.1. The third kappa shape index (κ3) is 14.9. The van der Waals surface area contributed by atoms with Gasteiger partial charge in [-0.3, -0.25) is 0 Å². The van der Waals surface area contributed by atoms with Gasteiger partial charge in [0.25, 0.3) is 0 Å². The zero-order chi connectivity index (χ0) is 22.8. The molecule has 2 aliphatic heterocycles. The first kappa shape index (κ1) is 40.8. The van der Waals surface area contributed by atoms with E-state index in [2.05, 4.69) is 34.9 Å². The van der Waals surface area contributed by atoms with E-state index in [0.717, 1.165) is 35.9 Å². The van der Waals surface area contributed by atoms with Crippen LogP contribution in [0.1, 0.15) is 41.9 Å². The van der Waals surface area contributed by atoms with Crippen LogP contribution < -0.4 is 0 Å². The third-order valence-electron chi connectivity index (χ3n) is 4.93. The van der Waals surface area contributed by atoms with Crippen LogP contribution in [0.25, 0.3) is 35.1 Å². The van der Waals surface area contributed by atoms with Gasteiger partial charge in [-0.05, 0) is 48.3 Å². The van der Waals surface area contributed by atoms with E-state index >= 15 is 0 Å². The number of nitrogens with two attached hydrogens (primary N) is 2. The molecule has 4 rings (SSSR count). The molecule has 13 heteroatoms. The van der Waals surface area contributed by atoms with E-state index < -0.39 is 11.9 Å². The summed E-state index contributed by atoms with van der Waals surface area (Å²) >= 11 is 2.60. The smallest absolute Gasteiger partial charge is 0.693 e. The topological polar surface area (TPSA) is 170 Å². The minimum Gasteiger partial charge on any atom is -0.693 e. The van der Waals surface area contributed by atoms with Gasteiger partial charge in [-0.2, -0.15) is 0 Å². The summed E-state index contributed by atoms with van der Waals surface area (Å²) in [7, 11) is 0. The summed E-state index contributed by atoms with van der Waals surface area (Å²) in [5, 5.41) is 26.2. The van der Waals surface area contributed by atoms with Gasteiger partial charge in [0.1, 0.15) is 9.75 Å². The van der Waals surface area contributed by atoms with Crippen molar-refractivity contribution in [3.8, 4) is 0 Å². The van der Waals surface area contributed by atoms with Crippen LogP contribution in [0.5, 0.6) is 0 Å². The number of carbonyl (C=O) groups is 2. The standard InChI is InChI=1S/C12H14NO2S.C12H12NO2S.2H2N.3Zn/c2*14-12(15)11-6-5-10(16-11)4-3-9-2-1-7-13-8-9;;;;;/h3-6,9H,1-2,7-8H2,(H,14,15);1-6,9H,7-8H2,(H,14,15);2*1H2;;;/q4*-1;;;+2. The zero-order valence-corrected chi connectivity index (χ0v) is 31.4. The molecule has 4 heterocycles. The molecular formula is C24H30N4O4S2Zn3-2. The second-order valence-electron chi connectivity index (χ2n) is 7.45. The Morgan fingerprint density at radius 2 is 1.43 bits per heavy atom. The number of carboxylic acid groups (broad SMARTS) is 2. The number of carboxylic acids is 2. The monoisotopic (exact) mass is 694 g/mol. The summed E-state index contributed by atoms with van der Waals surface area (Å²) in [4.78, 5) is 24.1. The van der Waals surface area contributed by atoms with Gasteiger partial charge in [-0.15, -0.1) is 54.9 Å². The average molecular weight is 699 g/mol. The summed E-state index contributed by atoms with van der Waals surface area (Å²) in [6.45, 7) is 3.54. The Balaban J connectivity index is -0.000000550. The van der Waals surface area contributed by atoms with Crippen LogP contribution in [0, 0.1) is 11.8 Å². The molecule has 0 aliphatic carbocycles. The Hall–Kier alpha value is -0.730. The van der Waals surface area contributed by atoms with Crippen molar-refractivity contribution in [1.82, 2.24) is 0 Å². The van der Waals surface area contributed by atoms with E-state index in [1.54, 1.807) is 12.1 Å². The van der Waals surface area contributed by atoms with Gasteiger partial charge < -0.3 is 33.1 Å². The Kier molecular flexibility index (Phi) is 24.4. The summed E-state index contributed by atoms with van der Waals surface area (Å²) in [6, 6.07) is 6.96. The maximum Gasteiger partial charge on any atom is 2.00 e. The van der Waals surface area contributed by atoms with Gasteiger partial charge in [0, 0.05) is 48.7 Å². The van der Waals surface area contributed by atoms with E-state index in [0.29, 0.717) is 21.6 Å². The Bertz CT molecular complexity index is 1010. The molecular weight excluding hydrogens is 669 g/mol. The molecule has 0 saturated carbocycles. The normalized spacial score (nSPS) is 18.1. The number of hydrogen-bond acceptors (Lipinski definition) is 4. The second-order valence-corrected chi connectivity index (χ2v) is 9.68. The van der Waals surface area contributed by atoms with E-state index in [1.807, 2.05) is 24.3 Å². The first-order valence-electron chi connectivity index (χ1n) is 10.5. The molecule has 6 N–H and O–H groups in total. The van der Waals surface area contributed by atoms with Crippen molar-refractivity contribution < 1.29 is 78.2 Å². The Morgan fingerprint density at radius 3 is 1.86 bits per heavy atom. The van der Waals surface area contributed by atoms with Crippen molar-refractivity contribution in [2.45, 2.75) is 12.8 Å². The van der Waals surface area contributed by atoms with Gasteiger partial charge >= 0.3 is 31.4 Å². The maximum atomic E-state index is 10.7. The zero-order valence-electron chi connectivity index (χ0n) is 20.9. The fraction of sp³-hybridized carbons (Fsp3) is 0.333. The molecule has 2 aliphatic rings. The quantitative estimate of drug-likeness (QED) is 0.233. The van der Waals surface area contributed by atoms with Gasteiger partial charge in [0.05, 0.1) is 0 Å². The molecule has 1 fully saturated rings. The van der Waals surface area contributed by atoms with Crippen LogP contribution in [-0.4, -0.2) is 48.3 Å². The van der Waals surface area contributed by atoms with Crippen LogP contribution in [0.15, 0.2) is 48.6 Å². The van der Waals surface area contributed by atoms with Gasteiger partial charge in [0.2, 0.25) is 0 Å². The molecule has 2 atom stereocenters. The number of thiophene rings is 2. The molecule has 0 radical (unpaired) electrons. The molecule has 37 heavy (non-hydrogen) atoms. The third-order valence-corrected chi connectivity index (χ3v) is 7.00. The molecule has 0 aromatic carbocycles. The van der Waals surface area contributed by atoms with Crippen LogP contribution in [0.2, 0.25) is 0 Å². The summed E-state index contributed by atoms with van der Waals surface area (Å²) < 4.78 is 0. The molecule has 0 bridgehead atoms. The van der Waals surface area contributed by atoms with Crippen LogP contribution >= 0.6 is 22.7 Å². The fourth-order valence-corrected chi connectivity index (χ4v) is 4.77. The molecule has 0 amide bonds. The van der Waals surface area contributed by atoms with E-state index in [9.17, 15) is 9.59 Å². The molecule has 2 unspecified atom stereocenters. The van der Waals surface area contributed by atoms with E-state index in [-0.39, 0.29) is 70.7 Å².